The van der Waals surface area contributed by atoms with E-state index in [1.807, 2.05) is 24.3 Å². The molecule has 0 unspecified atom stereocenters. The summed E-state index contributed by atoms with van der Waals surface area (Å²) in [5.41, 5.74) is 1.86. The molecule has 2 aromatic carbocycles. The Bertz CT molecular complexity index is 1300. The van der Waals surface area contributed by atoms with Crippen LogP contribution in [0.4, 0.5) is 11.6 Å². The molecule has 2 fully saturated rings. The predicted octanol–water partition coefficient (Wildman–Crippen LogP) is 3.90. The number of carbonyl (C=O) groups is 1. The van der Waals surface area contributed by atoms with Crippen molar-refractivity contribution >= 4 is 38.6 Å². The van der Waals surface area contributed by atoms with Crippen LogP contribution in [0.1, 0.15) is 43.0 Å². The first-order valence-electron chi connectivity index (χ1n) is 11.8. The smallest absolute Gasteiger partial charge is 0.256 e. The second-order valence-electron chi connectivity index (χ2n) is 9.14. The zero-order valence-corrected chi connectivity index (χ0v) is 20.1. The molecule has 0 spiro atoms. The summed E-state index contributed by atoms with van der Waals surface area (Å²) in [7, 11) is -3.56. The lowest BCUT2D eigenvalue weighted by atomic mass is 10.0. The van der Waals surface area contributed by atoms with Gasteiger partial charge in [-0.1, -0.05) is 19.1 Å². The van der Waals surface area contributed by atoms with Gasteiger partial charge in [-0.05, 0) is 68.0 Å². The third-order valence-corrected chi connectivity index (χ3v) is 8.60. The highest BCUT2D eigenvalue weighted by Crippen LogP contribution is 2.29. The van der Waals surface area contributed by atoms with Crippen LogP contribution >= 0.6 is 0 Å². The molecule has 1 aromatic heterocycles. The van der Waals surface area contributed by atoms with Crippen molar-refractivity contribution in [2.24, 2.45) is 5.92 Å². The van der Waals surface area contributed by atoms with Crippen molar-refractivity contribution in [1.29, 1.82) is 0 Å². The van der Waals surface area contributed by atoms with E-state index in [1.165, 1.54) is 16.4 Å². The molecule has 34 heavy (non-hydrogen) atoms. The Kier molecular flexibility index (Phi) is 6.22. The quantitative estimate of drug-likeness (QED) is 0.596. The maximum absolute atomic E-state index is 13.1. The molecular formula is C25H29N5O3S. The Labute approximate surface area is 200 Å². The van der Waals surface area contributed by atoms with E-state index in [0.29, 0.717) is 41.7 Å². The molecular weight excluding hydrogens is 450 g/mol. The van der Waals surface area contributed by atoms with Crippen LogP contribution in [-0.4, -0.2) is 54.8 Å². The summed E-state index contributed by atoms with van der Waals surface area (Å²) in [4.78, 5) is 24.9. The zero-order chi connectivity index (χ0) is 23.7. The number of carbonyl (C=O) groups excluding carboxylic acids is 1. The largest absolute Gasteiger partial charge is 0.354 e. The molecule has 0 atom stereocenters. The van der Waals surface area contributed by atoms with Crippen molar-refractivity contribution in [2.45, 2.75) is 37.5 Å². The molecule has 2 aliphatic heterocycles. The molecule has 0 saturated carbocycles. The molecule has 178 valence electrons. The second kappa shape index (κ2) is 9.31. The fraction of sp³-hybridized carbons (Fsp3) is 0.400. The Hall–Kier alpha value is -3.04. The summed E-state index contributed by atoms with van der Waals surface area (Å²) in [6.07, 6.45) is 3.89. The molecule has 0 bridgehead atoms. The lowest BCUT2D eigenvalue weighted by Crippen LogP contribution is -2.37. The van der Waals surface area contributed by atoms with E-state index in [0.717, 1.165) is 44.3 Å². The SMILES string of the molecule is CC1CCN(S(=O)(=O)c2ccc(C(=O)Nc3nc4ccccc4nc3N3CCCC3)cc2)CC1. The summed E-state index contributed by atoms with van der Waals surface area (Å²) >= 11 is 0. The zero-order valence-electron chi connectivity index (χ0n) is 19.3. The van der Waals surface area contributed by atoms with Gasteiger partial charge in [0.2, 0.25) is 10.0 Å². The number of anilines is 2. The number of benzene rings is 2. The van der Waals surface area contributed by atoms with E-state index < -0.39 is 10.0 Å². The number of sulfonamides is 1. The lowest BCUT2D eigenvalue weighted by Gasteiger charge is -2.29. The van der Waals surface area contributed by atoms with Crippen molar-refractivity contribution in [1.82, 2.24) is 14.3 Å². The molecule has 3 aromatic rings. The van der Waals surface area contributed by atoms with Gasteiger partial charge in [-0.3, -0.25) is 4.79 Å². The molecule has 9 heteroatoms. The number of fused-ring (bicyclic) bond motifs is 1. The van der Waals surface area contributed by atoms with Crippen molar-refractivity contribution in [3.8, 4) is 0 Å². The minimum atomic E-state index is -3.56. The number of amides is 1. The molecule has 3 heterocycles. The molecule has 0 radical (unpaired) electrons. The Morgan fingerprint density at radius 2 is 1.53 bits per heavy atom. The van der Waals surface area contributed by atoms with Gasteiger partial charge in [0, 0.05) is 31.7 Å². The molecule has 2 aliphatic rings. The first kappa shape index (κ1) is 22.7. The maximum atomic E-state index is 13.1. The Balaban J connectivity index is 1.38. The molecule has 5 rings (SSSR count). The first-order chi connectivity index (χ1) is 16.4. The van der Waals surface area contributed by atoms with Crippen molar-refractivity contribution in [3.63, 3.8) is 0 Å². The first-order valence-corrected chi connectivity index (χ1v) is 13.3. The van der Waals surface area contributed by atoms with Gasteiger partial charge >= 0.3 is 0 Å². The molecule has 0 aliphatic carbocycles. The predicted molar refractivity (Wildman–Crippen MR) is 133 cm³/mol. The third kappa shape index (κ3) is 4.50. The van der Waals surface area contributed by atoms with Gasteiger partial charge in [0.25, 0.3) is 5.91 Å². The average molecular weight is 480 g/mol. The van der Waals surface area contributed by atoms with Crippen LogP contribution in [0.15, 0.2) is 53.4 Å². The number of rotatable bonds is 5. The number of piperidine rings is 1. The van der Waals surface area contributed by atoms with E-state index in [9.17, 15) is 13.2 Å². The van der Waals surface area contributed by atoms with Crippen LogP contribution in [-0.2, 0) is 10.0 Å². The van der Waals surface area contributed by atoms with Crippen molar-refractivity contribution in [2.75, 3.05) is 36.4 Å². The van der Waals surface area contributed by atoms with Gasteiger partial charge in [-0.2, -0.15) is 4.31 Å². The maximum Gasteiger partial charge on any atom is 0.256 e. The van der Waals surface area contributed by atoms with Crippen LogP contribution in [0.2, 0.25) is 0 Å². The molecule has 1 amide bonds. The second-order valence-corrected chi connectivity index (χ2v) is 11.1. The minimum absolute atomic E-state index is 0.210. The average Bonchev–Trinajstić information content (AvgIpc) is 3.39. The van der Waals surface area contributed by atoms with E-state index in [-0.39, 0.29) is 10.8 Å². The molecule has 2 saturated heterocycles. The van der Waals surface area contributed by atoms with Gasteiger partial charge in [-0.25, -0.2) is 18.4 Å². The minimum Gasteiger partial charge on any atom is -0.354 e. The fourth-order valence-corrected chi connectivity index (χ4v) is 6.03. The van der Waals surface area contributed by atoms with Gasteiger partial charge in [0.05, 0.1) is 15.9 Å². The van der Waals surface area contributed by atoms with Gasteiger partial charge in [0.15, 0.2) is 11.6 Å². The Morgan fingerprint density at radius 3 is 2.18 bits per heavy atom. The summed E-state index contributed by atoms with van der Waals surface area (Å²) in [6, 6.07) is 13.7. The third-order valence-electron chi connectivity index (χ3n) is 6.69. The number of hydrogen-bond acceptors (Lipinski definition) is 6. The van der Waals surface area contributed by atoms with E-state index in [1.54, 1.807) is 12.1 Å². The molecule has 8 nitrogen and oxygen atoms in total. The fourth-order valence-electron chi connectivity index (χ4n) is 4.56. The number of para-hydroxylation sites is 2. The van der Waals surface area contributed by atoms with Gasteiger partial charge < -0.3 is 10.2 Å². The summed E-state index contributed by atoms with van der Waals surface area (Å²) in [5.74, 6) is 1.29. The number of aromatic nitrogens is 2. The van der Waals surface area contributed by atoms with Crippen LogP contribution in [0.25, 0.3) is 11.0 Å². The number of nitrogens with one attached hydrogen (secondary N) is 1. The Morgan fingerprint density at radius 1 is 0.912 bits per heavy atom. The highest BCUT2D eigenvalue weighted by atomic mass is 32.2. The summed E-state index contributed by atoms with van der Waals surface area (Å²) in [5, 5.41) is 2.91. The van der Waals surface area contributed by atoms with Crippen LogP contribution in [0.3, 0.4) is 0 Å². The van der Waals surface area contributed by atoms with Crippen LogP contribution in [0, 0.1) is 5.92 Å². The standard InChI is InChI=1S/C25H29N5O3S/c1-18-12-16-30(17-13-18)34(32,33)20-10-8-19(9-11-20)25(31)28-23-24(29-14-4-5-15-29)27-22-7-3-2-6-21(22)26-23/h2-3,6-11,18H,4-5,12-17H2,1H3,(H,26,28,31). The summed E-state index contributed by atoms with van der Waals surface area (Å²) in [6.45, 7) is 4.96. The van der Waals surface area contributed by atoms with E-state index >= 15 is 0 Å². The highest BCUT2D eigenvalue weighted by molar-refractivity contribution is 7.89. The van der Waals surface area contributed by atoms with Crippen LogP contribution < -0.4 is 10.2 Å². The monoisotopic (exact) mass is 479 g/mol. The topological polar surface area (TPSA) is 95.5 Å². The number of nitrogens with zero attached hydrogens (tertiary/aromatic N) is 4. The normalized spacial score (nSPS) is 17.9. The van der Waals surface area contributed by atoms with Gasteiger partial charge in [0.1, 0.15) is 0 Å². The lowest BCUT2D eigenvalue weighted by molar-refractivity contribution is 0.102. The van der Waals surface area contributed by atoms with Crippen molar-refractivity contribution in [3.05, 3.63) is 54.1 Å². The van der Waals surface area contributed by atoms with Crippen molar-refractivity contribution < 1.29 is 13.2 Å². The summed E-state index contributed by atoms with van der Waals surface area (Å²) < 4.78 is 27.5. The van der Waals surface area contributed by atoms with Crippen LogP contribution in [0.5, 0.6) is 0 Å². The highest BCUT2D eigenvalue weighted by Gasteiger charge is 2.28. The van der Waals surface area contributed by atoms with E-state index in [2.05, 4.69) is 22.1 Å². The van der Waals surface area contributed by atoms with Gasteiger partial charge in [-0.15, -0.1) is 0 Å². The number of hydrogen-bond donors (Lipinski definition) is 1. The molecule has 1 N–H and O–H groups in total. The van der Waals surface area contributed by atoms with E-state index in [4.69, 9.17) is 4.98 Å².